The van der Waals surface area contributed by atoms with Gasteiger partial charge in [0.15, 0.2) is 0 Å². The van der Waals surface area contributed by atoms with E-state index in [0.29, 0.717) is 32.7 Å². The summed E-state index contributed by atoms with van der Waals surface area (Å²) in [7, 11) is 0. The molecule has 1 aromatic rings. The SMILES string of the molecule is O=C1NCCCC[C@@H]1NC(=O)N1CC[C@]2(C1)OCc1ccccc12. The number of carbonyl (C=O) groups excluding carboxylic acids is 2. The summed E-state index contributed by atoms with van der Waals surface area (Å²) < 4.78 is 6.08. The number of hydrogen-bond donors (Lipinski definition) is 2. The molecule has 0 saturated carbocycles. The molecule has 1 aromatic carbocycles. The van der Waals surface area contributed by atoms with Crippen molar-refractivity contribution in [2.75, 3.05) is 19.6 Å². The number of nitrogens with zero attached hydrogens (tertiary/aromatic N) is 1. The second kappa shape index (κ2) is 6.09. The lowest BCUT2D eigenvalue weighted by Gasteiger charge is -2.26. The number of carbonyl (C=O) groups is 2. The van der Waals surface area contributed by atoms with E-state index in [1.54, 1.807) is 4.90 Å². The third-order valence-electron chi connectivity index (χ3n) is 5.36. The first-order valence-electron chi connectivity index (χ1n) is 8.73. The summed E-state index contributed by atoms with van der Waals surface area (Å²) >= 11 is 0. The van der Waals surface area contributed by atoms with E-state index >= 15 is 0 Å². The van der Waals surface area contributed by atoms with Crippen molar-refractivity contribution in [2.45, 2.75) is 43.9 Å². The van der Waals surface area contributed by atoms with Gasteiger partial charge in [-0.2, -0.15) is 0 Å². The van der Waals surface area contributed by atoms with Crippen molar-refractivity contribution in [3.8, 4) is 0 Å². The van der Waals surface area contributed by atoms with Crippen LogP contribution in [0.25, 0.3) is 0 Å². The van der Waals surface area contributed by atoms with Gasteiger partial charge in [-0.3, -0.25) is 4.79 Å². The van der Waals surface area contributed by atoms with E-state index in [9.17, 15) is 9.59 Å². The lowest BCUT2D eigenvalue weighted by Crippen LogP contribution is -2.50. The molecule has 3 aliphatic rings. The molecule has 0 bridgehead atoms. The van der Waals surface area contributed by atoms with Crippen LogP contribution in [0.4, 0.5) is 4.79 Å². The van der Waals surface area contributed by atoms with Crippen LogP contribution in [0.15, 0.2) is 24.3 Å². The molecule has 2 atom stereocenters. The maximum absolute atomic E-state index is 12.6. The molecule has 2 fully saturated rings. The standard InChI is InChI=1S/C18H23N3O3/c22-16-15(7-3-4-9-19-16)20-17(23)21-10-8-18(12-21)14-6-2-1-5-13(14)11-24-18/h1-2,5-6,15H,3-4,7-12H2,(H,19,22)(H,20,23)/t15-,18+/m0/s1. The van der Waals surface area contributed by atoms with E-state index in [4.69, 9.17) is 4.74 Å². The minimum atomic E-state index is -0.423. The Bertz CT molecular complexity index is 663. The third kappa shape index (κ3) is 2.65. The van der Waals surface area contributed by atoms with Crippen LogP contribution in [0.5, 0.6) is 0 Å². The summed E-state index contributed by atoms with van der Waals surface area (Å²) in [5, 5.41) is 5.76. The molecule has 2 N–H and O–H groups in total. The highest BCUT2D eigenvalue weighted by molar-refractivity contribution is 5.87. The molecular weight excluding hydrogens is 306 g/mol. The van der Waals surface area contributed by atoms with Crippen LogP contribution in [-0.2, 0) is 21.7 Å². The number of nitrogens with one attached hydrogen (secondary N) is 2. The summed E-state index contributed by atoms with van der Waals surface area (Å²) in [6.07, 6.45) is 3.42. The summed E-state index contributed by atoms with van der Waals surface area (Å²) in [6, 6.07) is 7.64. The highest BCUT2D eigenvalue weighted by Crippen LogP contribution is 2.43. The molecular formula is C18H23N3O3. The second-order valence-corrected chi connectivity index (χ2v) is 6.90. The number of fused-ring (bicyclic) bond motifs is 2. The minimum Gasteiger partial charge on any atom is -0.364 e. The van der Waals surface area contributed by atoms with Crippen LogP contribution >= 0.6 is 0 Å². The van der Waals surface area contributed by atoms with Gasteiger partial charge in [0.05, 0.1) is 13.2 Å². The minimum absolute atomic E-state index is 0.0720. The van der Waals surface area contributed by atoms with Crippen LogP contribution in [0.1, 0.15) is 36.8 Å². The van der Waals surface area contributed by atoms with Gasteiger partial charge in [0.1, 0.15) is 11.6 Å². The van der Waals surface area contributed by atoms with Gasteiger partial charge < -0.3 is 20.3 Å². The van der Waals surface area contributed by atoms with E-state index in [-0.39, 0.29) is 17.5 Å². The first-order chi connectivity index (χ1) is 11.7. The first kappa shape index (κ1) is 15.4. The van der Waals surface area contributed by atoms with Crippen molar-refractivity contribution in [3.05, 3.63) is 35.4 Å². The smallest absolute Gasteiger partial charge is 0.318 e. The van der Waals surface area contributed by atoms with Crippen LogP contribution < -0.4 is 10.6 Å². The van der Waals surface area contributed by atoms with Crippen LogP contribution in [-0.4, -0.2) is 42.5 Å². The molecule has 0 aromatic heterocycles. The average molecular weight is 329 g/mol. The molecule has 3 aliphatic heterocycles. The maximum atomic E-state index is 12.6. The number of likely N-dealkylation sites (tertiary alicyclic amines) is 1. The highest BCUT2D eigenvalue weighted by atomic mass is 16.5. The van der Waals surface area contributed by atoms with Crippen molar-refractivity contribution in [1.82, 2.24) is 15.5 Å². The zero-order valence-corrected chi connectivity index (χ0v) is 13.7. The molecule has 6 heteroatoms. The van der Waals surface area contributed by atoms with Crippen LogP contribution in [0.2, 0.25) is 0 Å². The number of benzene rings is 1. The summed E-state index contributed by atoms with van der Waals surface area (Å²) in [5.41, 5.74) is 2.04. The fourth-order valence-electron chi connectivity index (χ4n) is 3.99. The van der Waals surface area contributed by atoms with Crippen molar-refractivity contribution < 1.29 is 14.3 Å². The van der Waals surface area contributed by atoms with Crippen molar-refractivity contribution in [3.63, 3.8) is 0 Å². The molecule has 0 radical (unpaired) electrons. The molecule has 0 unspecified atom stereocenters. The molecule has 24 heavy (non-hydrogen) atoms. The Hall–Kier alpha value is -2.08. The number of amides is 3. The van der Waals surface area contributed by atoms with Gasteiger partial charge in [-0.25, -0.2) is 4.79 Å². The predicted molar refractivity (Wildman–Crippen MR) is 88.3 cm³/mol. The molecule has 128 valence electrons. The predicted octanol–water partition coefficient (Wildman–Crippen LogP) is 1.50. The van der Waals surface area contributed by atoms with Gasteiger partial charge >= 0.3 is 6.03 Å². The van der Waals surface area contributed by atoms with Gasteiger partial charge in [-0.15, -0.1) is 0 Å². The monoisotopic (exact) mass is 329 g/mol. The Morgan fingerprint density at radius 3 is 3.12 bits per heavy atom. The molecule has 1 spiro atoms. The summed E-state index contributed by atoms with van der Waals surface area (Å²) in [6.45, 7) is 2.50. The number of hydrogen-bond acceptors (Lipinski definition) is 3. The van der Waals surface area contributed by atoms with E-state index in [2.05, 4.69) is 22.8 Å². The molecule has 3 amide bonds. The lowest BCUT2D eigenvalue weighted by atomic mass is 9.92. The van der Waals surface area contributed by atoms with Crippen molar-refractivity contribution in [1.29, 1.82) is 0 Å². The Morgan fingerprint density at radius 2 is 2.21 bits per heavy atom. The van der Waals surface area contributed by atoms with E-state index in [1.165, 1.54) is 11.1 Å². The van der Waals surface area contributed by atoms with Gasteiger partial charge in [0, 0.05) is 19.5 Å². The third-order valence-corrected chi connectivity index (χ3v) is 5.36. The zero-order valence-electron chi connectivity index (χ0n) is 13.7. The van der Waals surface area contributed by atoms with Gasteiger partial charge in [-0.1, -0.05) is 24.3 Å². The topological polar surface area (TPSA) is 70.7 Å². The van der Waals surface area contributed by atoms with Gasteiger partial charge in [0.25, 0.3) is 0 Å². The van der Waals surface area contributed by atoms with Gasteiger partial charge in [0.2, 0.25) is 5.91 Å². The zero-order chi connectivity index (χ0) is 16.6. The van der Waals surface area contributed by atoms with Gasteiger partial charge in [-0.05, 0) is 30.4 Å². The number of rotatable bonds is 1. The largest absolute Gasteiger partial charge is 0.364 e. The quantitative estimate of drug-likeness (QED) is 0.820. The number of ether oxygens (including phenoxy) is 1. The summed E-state index contributed by atoms with van der Waals surface area (Å²) in [5.74, 6) is -0.0720. The van der Waals surface area contributed by atoms with E-state index < -0.39 is 6.04 Å². The second-order valence-electron chi connectivity index (χ2n) is 6.90. The fraction of sp³-hybridized carbons (Fsp3) is 0.556. The molecule has 2 saturated heterocycles. The lowest BCUT2D eigenvalue weighted by molar-refractivity contribution is -0.122. The Balaban J connectivity index is 1.43. The average Bonchev–Trinajstić information content (AvgIpc) is 3.13. The molecule has 6 nitrogen and oxygen atoms in total. The highest BCUT2D eigenvalue weighted by Gasteiger charge is 2.47. The fourth-order valence-corrected chi connectivity index (χ4v) is 3.99. The van der Waals surface area contributed by atoms with Crippen molar-refractivity contribution in [2.24, 2.45) is 0 Å². The normalized spacial score (nSPS) is 29.2. The first-order valence-corrected chi connectivity index (χ1v) is 8.73. The van der Waals surface area contributed by atoms with Crippen LogP contribution in [0, 0.1) is 0 Å². The molecule has 0 aliphatic carbocycles. The van der Waals surface area contributed by atoms with Crippen LogP contribution in [0.3, 0.4) is 0 Å². The molecule has 4 rings (SSSR count). The van der Waals surface area contributed by atoms with E-state index in [1.807, 2.05) is 12.1 Å². The van der Waals surface area contributed by atoms with E-state index in [0.717, 1.165) is 19.3 Å². The maximum Gasteiger partial charge on any atom is 0.318 e. The number of urea groups is 1. The summed E-state index contributed by atoms with van der Waals surface area (Å²) in [4.78, 5) is 26.4. The Morgan fingerprint density at radius 1 is 1.33 bits per heavy atom. The van der Waals surface area contributed by atoms with Crippen molar-refractivity contribution >= 4 is 11.9 Å². The Labute approximate surface area is 141 Å². The Kier molecular flexibility index (Phi) is 3.92. The molecule has 3 heterocycles.